The highest BCUT2D eigenvalue weighted by atomic mass is 16.1. The zero-order chi connectivity index (χ0) is 13.7. The van der Waals surface area contributed by atoms with Crippen molar-refractivity contribution in [3.8, 4) is 0 Å². The molecule has 1 aliphatic rings. The smallest absolute Gasteiger partial charge is 0.224 e. The summed E-state index contributed by atoms with van der Waals surface area (Å²) in [6, 6.07) is 8.19. The molecule has 1 unspecified atom stereocenters. The highest BCUT2D eigenvalue weighted by Gasteiger charge is 2.22. The largest absolute Gasteiger partial charge is 0.353 e. The summed E-state index contributed by atoms with van der Waals surface area (Å²) in [5.74, 6) is 0.772. The molecule has 1 aromatic rings. The molecule has 1 amide bonds. The quantitative estimate of drug-likeness (QED) is 0.854. The van der Waals surface area contributed by atoms with E-state index in [9.17, 15) is 4.79 Å². The van der Waals surface area contributed by atoms with Crippen molar-refractivity contribution in [1.29, 1.82) is 0 Å². The normalized spacial score (nSPS) is 17.4. The summed E-state index contributed by atoms with van der Waals surface area (Å²) in [5, 5.41) is 3.14. The summed E-state index contributed by atoms with van der Waals surface area (Å²) in [6.07, 6.45) is 5.55. The van der Waals surface area contributed by atoms with Gasteiger partial charge in [0, 0.05) is 12.6 Å². The molecule has 1 aliphatic carbocycles. The maximum Gasteiger partial charge on any atom is 0.224 e. The predicted octanol–water partition coefficient (Wildman–Crippen LogP) is 2.38. The standard InChI is InChI=1S/C16H24N2O/c1-12(13-6-2-3-7-13)18-16(19)10-14-8-4-5-9-15(14)11-17/h4-5,8-9,12-13H,2-3,6-7,10-11,17H2,1H3,(H,18,19). The van der Waals surface area contributed by atoms with Crippen LogP contribution < -0.4 is 11.1 Å². The van der Waals surface area contributed by atoms with Gasteiger partial charge in [-0.1, -0.05) is 37.1 Å². The molecule has 0 aromatic heterocycles. The molecule has 104 valence electrons. The zero-order valence-electron chi connectivity index (χ0n) is 11.7. The minimum absolute atomic E-state index is 0.111. The van der Waals surface area contributed by atoms with Crippen molar-refractivity contribution in [2.45, 2.75) is 51.6 Å². The van der Waals surface area contributed by atoms with Crippen LogP contribution >= 0.6 is 0 Å². The molecule has 0 radical (unpaired) electrons. The third-order valence-electron chi connectivity index (χ3n) is 4.18. The third-order valence-corrected chi connectivity index (χ3v) is 4.18. The van der Waals surface area contributed by atoms with Crippen molar-refractivity contribution in [3.05, 3.63) is 35.4 Å². The van der Waals surface area contributed by atoms with Gasteiger partial charge in [0.15, 0.2) is 0 Å². The van der Waals surface area contributed by atoms with E-state index in [4.69, 9.17) is 5.73 Å². The minimum Gasteiger partial charge on any atom is -0.353 e. The number of rotatable bonds is 5. The molecule has 0 saturated heterocycles. The lowest BCUT2D eigenvalue weighted by molar-refractivity contribution is -0.121. The fraction of sp³-hybridized carbons (Fsp3) is 0.562. The molecule has 1 atom stereocenters. The van der Waals surface area contributed by atoms with Crippen LogP contribution in [0.5, 0.6) is 0 Å². The van der Waals surface area contributed by atoms with E-state index in [0.717, 1.165) is 11.1 Å². The topological polar surface area (TPSA) is 55.1 Å². The highest BCUT2D eigenvalue weighted by molar-refractivity contribution is 5.79. The summed E-state index contributed by atoms with van der Waals surface area (Å²) in [5.41, 5.74) is 7.80. The number of nitrogens with one attached hydrogen (secondary N) is 1. The van der Waals surface area contributed by atoms with E-state index < -0.39 is 0 Å². The van der Waals surface area contributed by atoms with Crippen molar-refractivity contribution in [3.63, 3.8) is 0 Å². The minimum atomic E-state index is 0.111. The van der Waals surface area contributed by atoms with Crippen LogP contribution in [0.15, 0.2) is 24.3 Å². The number of benzene rings is 1. The first-order chi connectivity index (χ1) is 9.20. The van der Waals surface area contributed by atoms with Crippen LogP contribution in [-0.4, -0.2) is 11.9 Å². The van der Waals surface area contributed by atoms with Crippen LogP contribution in [0.2, 0.25) is 0 Å². The molecule has 3 heteroatoms. The fourth-order valence-corrected chi connectivity index (χ4v) is 2.98. The highest BCUT2D eigenvalue weighted by Crippen LogP contribution is 2.27. The molecule has 3 nitrogen and oxygen atoms in total. The Balaban J connectivity index is 1.89. The first-order valence-electron chi connectivity index (χ1n) is 7.27. The van der Waals surface area contributed by atoms with Crippen molar-refractivity contribution in [1.82, 2.24) is 5.32 Å². The van der Waals surface area contributed by atoms with E-state index in [1.807, 2.05) is 24.3 Å². The average molecular weight is 260 g/mol. The number of carbonyl (C=O) groups excluding carboxylic acids is 1. The molecule has 0 spiro atoms. The van der Waals surface area contributed by atoms with E-state index in [-0.39, 0.29) is 5.91 Å². The van der Waals surface area contributed by atoms with E-state index in [1.54, 1.807) is 0 Å². The van der Waals surface area contributed by atoms with Crippen molar-refractivity contribution < 1.29 is 4.79 Å². The first-order valence-corrected chi connectivity index (χ1v) is 7.27. The van der Waals surface area contributed by atoms with Crippen LogP contribution in [0, 0.1) is 5.92 Å². The van der Waals surface area contributed by atoms with Crippen LogP contribution in [0.3, 0.4) is 0 Å². The fourth-order valence-electron chi connectivity index (χ4n) is 2.98. The molecule has 1 aromatic carbocycles. The molecule has 19 heavy (non-hydrogen) atoms. The summed E-state index contributed by atoms with van der Waals surface area (Å²) in [4.78, 5) is 12.1. The number of hydrogen-bond donors (Lipinski definition) is 2. The summed E-state index contributed by atoms with van der Waals surface area (Å²) in [7, 11) is 0. The lowest BCUT2D eigenvalue weighted by atomic mass is 9.99. The molecule has 1 fully saturated rings. The Morgan fingerprint density at radius 2 is 1.95 bits per heavy atom. The summed E-state index contributed by atoms with van der Waals surface area (Å²) in [6.45, 7) is 2.62. The molecule has 1 saturated carbocycles. The van der Waals surface area contributed by atoms with Crippen LogP contribution in [-0.2, 0) is 17.8 Å². The Hall–Kier alpha value is -1.35. The Labute approximate surface area is 115 Å². The zero-order valence-corrected chi connectivity index (χ0v) is 11.7. The number of carbonyl (C=O) groups is 1. The maximum atomic E-state index is 12.1. The summed E-state index contributed by atoms with van der Waals surface area (Å²) < 4.78 is 0. The second kappa shape index (κ2) is 6.71. The van der Waals surface area contributed by atoms with Gasteiger partial charge in [-0.25, -0.2) is 0 Å². The molecule has 3 N–H and O–H groups in total. The lowest BCUT2D eigenvalue weighted by Gasteiger charge is -2.20. The van der Waals surface area contributed by atoms with Crippen LogP contribution in [0.1, 0.15) is 43.7 Å². The Kier molecular flexibility index (Phi) is 4.97. The van der Waals surface area contributed by atoms with Crippen LogP contribution in [0.25, 0.3) is 0 Å². The van der Waals surface area contributed by atoms with Crippen molar-refractivity contribution in [2.75, 3.05) is 0 Å². The van der Waals surface area contributed by atoms with E-state index >= 15 is 0 Å². The second-order valence-corrected chi connectivity index (χ2v) is 5.55. The maximum absolute atomic E-state index is 12.1. The first kappa shape index (κ1) is 14.1. The van der Waals surface area contributed by atoms with E-state index in [2.05, 4.69) is 12.2 Å². The van der Waals surface area contributed by atoms with Gasteiger partial charge < -0.3 is 11.1 Å². The average Bonchev–Trinajstić information content (AvgIpc) is 2.93. The van der Waals surface area contributed by atoms with Gasteiger partial charge in [-0.3, -0.25) is 4.79 Å². The Morgan fingerprint density at radius 3 is 2.58 bits per heavy atom. The molecule has 0 heterocycles. The number of hydrogen-bond acceptors (Lipinski definition) is 2. The molecule has 0 aliphatic heterocycles. The van der Waals surface area contributed by atoms with Gasteiger partial charge in [-0.2, -0.15) is 0 Å². The monoisotopic (exact) mass is 260 g/mol. The summed E-state index contributed by atoms with van der Waals surface area (Å²) >= 11 is 0. The van der Waals surface area contributed by atoms with Gasteiger partial charge in [0.1, 0.15) is 0 Å². The van der Waals surface area contributed by atoms with Crippen molar-refractivity contribution in [2.24, 2.45) is 11.7 Å². The van der Waals surface area contributed by atoms with Gasteiger partial charge >= 0.3 is 0 Å². The second-order valence-electron chi connectivity index (χ2n) is 5.55. The SMILES string of the molecule is CC(NC(=O)Cc1ccccc1CN)C1CCCC1. The third kappa shape index (κ3) is 3.80. The van der Waals surface area contributed by atoms with Gasteiger partial charge in [0.25, 0.3) is 0 Å². The van der Waals surface area contributed by atoms with Crippen molar-refractivity contribution >= 4 is 5.91 Å². The van der Waals surface area contributed by atoms with Gasteiger partial charge in [-0.05, 0) is 36.8 Å². The molecule has 0 bridgehead atoms. The van der Waals surface area contributed by atoms with Gasteiger partial charge in [0.2, 0.25) is 5.91 Å². The van der Waals surface area contributed by atoms with Crippen LogP contribution in [0.4, 0.5) is 0 Å². The van der Waals surface area contributed by atoms with E-state index in [1.165, 1.54) is 25.7 Å². The Morgan fingerprint density at radius 1 is 1.32 bits per heavy atom. The number of amides is 1. The van der Waals surface area contributed by atoms with Gasteiger partial charge in [0.05, 0.1) is 6.42 Å². The van der Waals surface area contributed by atoms with Gasteiger partial charge in [-0.15, -0.1) is 0 Å². The predicted molar refractivity (Wildman–Crippen MR) is 77.6 cm³/mol. The number of nitrogens with two attached hydrogens (primary N) is 1. The Bertz CT molecular complexity index is 425. The molecule has 2 rings (SSSR count). The molecular weight excluding hydrogens is 236 g/mol. The molecular formula is C16H24N2O. The van der Waals surface area contributed by atoms with E-state index in [0.29, 0.717) is 24.9 Å². The lowest BCUT2D eigenvalue weighted by Crippen LogP contribution is -2.38.